The Hall–Kier alpha value is -2.41. The van der Waals surface area contributed by atoms with Gasteiger partial charge < -0.3 is 19.5 Å². The quantitative estimate of drug-likeness (QED) is 0.517. The summed E-state index contributed by atoms with van der Waals surface area (Å²) in [5.74, 6) is 0. The molecule has 3 atom stereocenters. The second kappa shape index (κ2) is 8.85. The summed E-state index contributed by atoms with van der Waals surface area (Å²) >= 11 is 12.0. The fourth-order valence-electron chi connectivity index (χ4n) is 5.02. The Kier molecular flexibility index (Phi) is 5.93. The second-order valence-electron chi connectivity index (χ2n) is 8.55. The summed E-state index contributed by atoms with van der Waals surface area (Å²) in [6.07, 6.45) is 4.23. The number of ether oxygens (including phenoxy) is 1. The molecule has 5 nitrogen and oxygen atoms in total. The van der Waals surface area contributed by atoms with E-state index in [4.69, 9.17) is 28.6 Å². The van der Waals surface area contributed by atoms with Gasteiger partial charge in [-0.3, -0.25) is 4.98 Å². The molecule has 3 aromatic rings. The van der Waals surface area contributed by atoms with E-state index in [1.807, 2.05) is 30.5 Å². The van der Waals surface area contributed by atoms with Gasteiger partial charge in [-0.25, -0.2) is 0 Å². The van der Waals surface area contributed by atoms with E-state index in [2.05, 4.69) is 57.9 Å². The number of nitrogens with zero attached hydrogens (tertiary/aromatic N) is 3. The molecule has 166 valence electrons. The van der Waals surface area contributed by atoms with Crippen LogP contribution in [0.25, 0.3) is 5.69 Å². The molecular formula is C25H27ClN4OS. The molecule has 5 rings (SSSR count). The Labute approximate surface area is 199 Å². The van der Waals surface area contributed by atoms with Crippen molar-refractivity contribution in [3.63, 3.8) is 0 Å². The lowest BCUT2D eigenvalue weighted by Gasteiger charge is -2.30. The van der Waals surface area contributed by atoms with E-state index in [1.54, 1.807) is 0 Å². The first-order valence-electron chi connectivity index (χ1n) is 11.1. The number of aromatic nitrogens is 2. The van der Waals surface area contributed by atoms with Gasteiger partial charge in [-0.2, -0.15) is 0 Å². The van der Waals surface area contributed by atoms with E-state index in [9.17, 15) is 0 Å². The Morgan fingerprint density at radius 2 is 2.00 bits per heavy atom. The van der Waals surface area contributed by atoms with Crippen molar-refractivity contribution in [2.75, 3.05) is 13.2 Å². The van der Waals surface area contributed by atoms with Crippen LogP contribution in [0.2, 0.25) is 5.02 Å². The van der Waals surface area contributed by atoms with Gasteiger partial charge in [0.2, 0.25) is 0 Å². The lowest BCUT2D eigenvalue weighted by atomic mass is 9.96. The minimum atomic E-state index is -0.0238. The van der Waals surface area contributed by atoms with Crippen LogP contribution in [0.15, 0.2) is 54.7 Å². The van der Waals surface area contributed by atoms with Crippen molar-refractivity contribution in [2.45, 2.75) is 44.9 Å². The molecule has 32 heavy (non-hydrogen) atoms. The first-order valence-corrected chi connectivity index (χ1v) is 11.9. The predicted molar refractivity (Wildman–Crippen MR) is 131 cm³/mol. The number of rotatable bonds is 5. The van der Waals surface area contributed by atoms with Crippen molar-refractivity contribution in [2.24, 2.45) is 0 Å². The summed E-state index contributed by atoms with van der Waals surface area (Å²) in [6.45, 7) is 5.94. The maximum Gasteiger partial charge on any atom is 0.170 e. The van der Waals surface area contributed by atoms with Crippen molar-refractivity contribution in [3.8, 4) is 5.69 Å². The summed E-state index contributed by atoms with van der Waals surface area (Å²) in [7, 11) is 0. The second-order valence-corrected chi connectivity index (χ2v) is 9.38. The molecule has 2 aromatic heterocycles. The van der Waals surface area contributed by atoms with E-state index >= 15 is 0 Å². The predicted octanol–water partition coefficient (Wildman–Crippen LogP) is 5.29. The normalized spacial score (nSPS) is 23.0. The maximum atomic E-state index is 6.13. The van der Waals surface area contributed by atoms with Crippen LogP contribution >= 0.6 is 23.8 Å². The third-order valence-electron chi connectivity index (χ3n) is 6.50. The smallest absolute Gasteiger partial charge is 0.170 e. The van der Waals surface area contributed by atoms with Crippen molar-refractivity contribution in [1.82, 2.24) is 19.8 Å². The van der Waals surface area contributed by atoms with E-state index in [1.165, 1.54) is 17.0 Å². The number of hydrogen-bond donors (Lipinski definition) is 1. The molecule has 0 bridgehead atoms. The van der Waals surface area contributed by atoms with Crippen LogP contribution in [0.3, 0.4) is 0 Å². The molecule has 1 N–H and O–H groups in total. The molecule has 2 fully saturated rings. The minimum absolute atomic E-state index is 0.0238. The molecule has 1 aromatic carbocycles. The molecule has 0 saturated carbocycles. The molecule has 2 aliphatic rings. The fraction of sp³-hybridized carbons (Fsp3) is 0.360. The fourth-order valence-corrected chi connectivity index (χ4v) is 5.46. The van der Waals surface area contributed by atoms with Crippen molar-refractivity contribution in [3.05, 3.63) is 82.4 Å². The molecular weight excluding hydrogens is 440 g/mol. The van der Waals surface area contributed by atoms with Gasteiger partial charge >= 0.3 is 0 Å². The maximum absolute atomic E-state index is 6.13. The molecule has 0 amide bonds. The Morgan fingerprint density at radius 1 is 1.19 bits per heavy atom. The van der Waals surface area contributed by atoms with Gasteiger partial charge in [-0.1, -0.05) is 17.7 Å². The Balaban J connectivity index is 1.58. The first kappa shape index (κ1) is 21.4. The van der Waals surface area contributed by atoms with Crippen LogP contribution in [0.5, 0.6) is 0 Å². The lowest BCUT2D eigenvalue weighted by molar-refractivity contribution is 0.0842. The van der Waals surface area contributed by atoms with E-state index in [0.29, 0.717) is 0 Å². The summed E-state index contributed by atoms with van der Waals surface area (Å²) in [5.41, 5.74) is 5.71. The average Bonchev–Trinajstić information content (AvgIpc) is 3.49. The highest BCUT2D eigenvalue weighted by Crippen LogP contribution is 2.42. The van der Waals surface area contributed by atoms with E-state index < -0.39 is 0 Å². The molecule has 4 heterocycles. The molecule has 7 heteroatoms. The molecule has 0 unspecified atom stereocenters. The number of nitrogens with one attached hydrogen (secondary N) is 1. The largest absolute Gasteiger partial charge is 0.376 e. The average molecular weight is 467 g/mol. The zero-order valence-electron chi connectivity index (χ0n) is 18.3. The van der Waals surface area contributed by atoms with Gasteiger partial charge in [0.15, 0.2) is 5.11 Å². The van der Waals surface area contributed by atoms with Gasteiger partial charge in [0, 0.05) is 41.4 Å². The minimum Gasteiger partial charge on any atom is -0.376 e. The third-order valence-corrected chi connectivity index (χ3v) is 7.10. The number of aryl methyl sites for hydroxylation is 1. The number of pyridine rings is 1. The van der Waals surface area contributed by atoms with Crippen LogP contribution in [0.4, 0.5) is 0 Å². The molecule has 0 aliphatic carbocycles. The van der Waals surface area contributed by atoms with Gasteiger partial charge in [0.1, 0.15) is 0 Å². The van der Waals surface area contributed by atoms with Gasteiger partial charge in [-0.15, -0.1) is 0 Å². The Morgan fingerprint density at radius 3 is 2.69 bits per heavy atom. The van der Waals surface area contributed by atoms with Crippen molar-refractivity contribution >= 4 is 28.9 Å². The Bertz CT molecular complexity index is 1110. The first-order chi connectivity index (χ1) is 15.5. The van der Waals surface area contributed by atoms with Crippen LogP contribution < -0.4 is 5.32 Å². The van der Waals surface area contributed by atoms with Crippen LogP contribution in [0, 0.1) is 13.8 Å². The van der Waals surface area contributed by atoms with Crippen LogP contribution in [0.1, 0.15) is 47.6 Å². The van der Waals surface area contributed by atoms with E-state index in [-0.39, 0.29) is 18.2 Å². The SMILES string of the molecule is Cc1cc([C@@H]2[C@H](c3ccccn3)NC(=S)N2C[C@H]2CCCO2)c(C)n1-c1ccc(Cl)cc1. The molecule has 0 spiro atoms. The summed E-state index contributed by atoms with van der Waals surface area (Å²) < 4.78 is 8.25. The highest BCUT2D eigenvalue weighted by molar-refractivity contribution is 7.80. The van der Waals surface area contributed by atoms with Crippen LogP contribution in [-0.4, -0.2) is 38.8 Å². The van der Waals surface area contributed by atoms with Crippen molar-refractivity contribution in [1.29, 1.82) is 0 Å². The standard InChI is InChI=1S/C25H27ClN4OS/c1-16-14-21(17(2)30(16)19-10-8-18(26)9-11-19)24-23(22-7-3-4-12-27-22)28-25(32)29(24)15-20-6-5-13-31-20/h3-4,7-12,14,20,23-24H,5-6,13,15H2,1-2H3,(H,28,32)/t20-,23+,24-/m1/s1. The molecule has 2 saturated heterocycles. The number of halogens is 1. The number of thiocarbonyl (C=S) groups is 1. The third kappa shape index (κ3) is 3.91. The van der Waals surface area contributed by atoms with Gasteiger partial charge in [-0.05, 0) is 86.9 Å². The summed E-state index contributed by atoms with van der Waals surface area (Å²) in [5, 5.41) is 5.06. The zero-order chi connectivity index (χ0) is 22.2. The summed E-state index contributed by atoms with van der Waals surface area (Å²) in [6, 6.07) is 16.3. The van der Waals surface area contributed by atoms with Gasteiger partial charge in [0.05, 0.1) is 23.9 Å². The topological polar surface area (TPSA) is 42.3 Å². The zero-order valence-corrected chi connectivity index (χ0v) is 19.9. The van der Waals surface area contributed by atoms with Gasteiger partial charge in [0.25, 0.3) is 0 Å². The number of benzene rings is 1. The lowest BCUT2D eigenvalue weighted by Crippen LogP contribution is -2.36. The summed E-state index contributed by atoms with van der Waals surface area (Å²) in [4.78, 5) is 6.97. The molecule has 2 aliphatic heterocycles. The van der Waals surface area contributed by atoms with Crippen molar-refractivity contribution < 1.29 is 4.74 Å². The van der Waals surface area contributed by atoms with Crippen LogP contribution in [-0.2, 0) is 4.74 Å². The highest BCUT2D eigenvalue weighted by Gasteiger charge is 2.42. The highest BCUT2D eigenvalue weighted by atomic mass is 35.5. The van der Waals surface area contributed by atoms with E-state index in [0.717, 1.165) is 47.5 Å². The number of hydrogen-bond acceptors (Lipinski definition) is 3. The monoisotopic (exact) mass is 466 g/mol. The molecule has 0 radical (unpaired) electrons.